The number of amides is 4. The highest BCUT2D eigenvalue weighted by molar-refractivity contribution is 6.30. The molecule has 3 N–H and O–H groups in total. The molecule has 0 aliphatic carbocycles. The summed E-state index contributed by atoms with van der Waals surface area (Å²) in [7, 11) is 3.31. The Morgan fingerprint density at radius 1 is 1.13 bits per heavy atom. The number of aliphatic hydroxyl groups excluding tert-OH is 1. The van der Waals surface area contributed by atoms with Crippen LogP contribution in [0.15, 0.2) is 42.6 Å². The van der Waals surface area contributed by atoms with E-state index in [4.69, 9.17) is 11.6 Å². The Morgan fingerprint density at radius 2 is 1.83 bits per heavy atom. The number of aromatic nitrogens is 1. The van der Waals surface area contributed by atoms with Crippen LogP contribution in [0.5, 0.6) is 0 Å². The molecule has 30 heavy (non-hydrogen) atoms. The van der Waals surface area contributed by atoms with Gasteiger partial charge < -0.3 is 20.2 Å². The normalized spacial score (nSPS) is 18.1. The van der Waals surface area contributed by atoms with Crippen LogP contribution in [0.25, 0.3) is 0 Å². The Balaban J connectivity index is 1.66. The molecule has 0 spiro atoms. The third kappa shape index (κ3) is 5.05. The first kappa shape index (κ1) is 21.5. The highest BCUT2D eigenvalue weighted by Gasteiger charge is 2.39. The minimum atomic E-state index is -0.851. The molecule has 0 radical (unpaired) electrons. The van der Waals surface area contributed by atoms with Gasteiger partial charge in [0.1, 0.15) is 11.9 Å². The minimum absolute atomic E-state index is 0.0216. The van der Waals surface area contributed by atoms with E-state index in [-0.39, 0.29) is 24.7 Å². The predicted molar refractivity (Wildman–Crippen MR) is 112 cm³/mol. The molecular weight excluding hydrogens is 410 g/mol. The first-order chi connectivity index (χ1) is 14.2. The molecule has 1 saturated heterocycles. The second kappa shape index (κ2) is 9.10. The van der Waals surface area contributed by atoms with Crippen molar-refractivity contribution >= 4 is 41.0 Å². The Labute approximate surface area is 178 Å². The molecule has 1 fully saturated rings. The maximum Gasteiger partial charge on any atom is 0.323 e. The molecule has 158 valence electrons. The summed E-state index contributed by atoms with van der Waals surface area (Å²) in [5.74, 6) is -0.297. The summed E-state index contributed by atoms with van der Waals surface area (Å²) < 4.78 is 0. The number of nitrogens with one attached hydrogen (secondary N) is 2. The van der Waals surface area contributed by atoms with Gasteiger partial charge in [0.05, 0.1) is 11.1 Å². The number of β-amino-alcohol motifs (C(OH)–C–C–N with tert-alkyl or cyclic N) is 1. The van der Waals surface area contributed by atoms with E-state index in [1.54, 1.807) is 50.5 Å². The van der Waals surface area contributed by atoms with Crippen molar-refractivity contribution < 1.29 is 19.5 Å². The van der Waals surface area contributed by atoms with Gasteiger partial charge in [-0.25, -0.2) is 9.78 Å². The van der Waals surface area contributed by atoms with Crippen LogP contribution in [-0.2, 0) is 4.79 Å². The van der Waals surface area contributed by atoms with Gasteiger partial charge in [0.25, 0.3) is 5.91 Å². The van der Waals surface area contributed by atoms with Crippen LogP contribution in [0.2, 0.25) is 5.02 Å². The van der Waals surface area contributed by atoms with Gasteiger partial charge in [-0.1, -0.05) is 11.6 Å². The predicted octanol–water partition coefficient (Wildman–Crippen LogP) is 2.04. The summed E-state index contributed by atoms with van der Waals surface area (Å²) >= 11 is 5.79. The highest BCUT2D eigenvalue weighted by Crippen LogP contribution is 2.22. The molecule has 2 atom stereocenters. The van der Waals surface area contributed by atoms with Gasteiger partial charge in [-0.2, -0.15) is 0 Å². The summed E-state index contributed by atoms with van der Waals surface area (Å²) in [4.78, 5) is 44.0. The van der Waals surface area contributed by atoms with E-state index in [0.717, 1.165) is 0 Å². The molecule has 1 aromatic carbocycles. The molecule has 1 aliphatic heterocycles. The Morgan fingerprint density at radius 3 is 2.43 bits per heavy atom. The summed E-state index contributed by atoms with van der Waals surface area (Å²) in [6.07, 6.45) is 0.694. The second-order valence-corrected chi connectivity index (χ2v) is 7.55. The van der Waals surface area contributed by atoms with Crippen LogP contribution in [0.4, 0.5) is 16.3 Å². The number of urea groups is 1. The number of hydrogen-bond donors (Lipinski definition) is 3. The fourth-order valence-electron chi connectivity index (χ4n) is 3.10. The second-order valence-electron chi connectivity index (χ2n) is 7.12. The first-order valence-corrected chi connectivity index (χ1v) is 9.62. The van der Waals surface area contributed by atoms with E-state index in [0.29, 0.717) is 16.3 Å². The number of hydrogen-bond acceptors (Lipinski definition) is 5. The molecule has 0 saturated carbocycles. The van der Waals surface area contributed by atoms with Gasteiger partial charge in [-0.15, -0.1) is 0 Å². The summed E-state index contributed by atoms with van der Waals surface area (Å²) in [5.41, 5.74) is 0.974. The topological polar surface area (TPSA) is 115 Å². The third-order valence-electron chi connectivity index (χ3n) is 4.61. The molecule has 0 bridgehead atoms. The Bertz CT molecular complexity index is 933. The number of nitrogens with zero attached hydrogens (tertiary/aromatic N) is 3. The average Bonchev–Trinajstić information content (AvgIpc) is 3.12. The molecule has 2 aromatic rings. The van der Waals surface area contributed by atoms with E-state index in [2.05, 4.69) is 15.6 Å². The van der Waals surface area contributed by atoms with Crippen LogP contribution in [-0.4, -0.2) is 70.5 Å². The third-order valence-corrected chi connectivity index (χ3v) is 4.83. The van der Waals surface area contributed by atoms with Crippen molar-refractivity contribution in [1.82, 2.24) is 14.8 Å². The van der Waals surface area contributed by atoms with Crippen LogP contribution in [0.1, 0.15) is 16.8 Å². The standard InChI is InChI=1S/C20H22ClN5O4/c1-25(2)19(29)12-3-6-14(7-4-12)23-18(28)16-9-15(27)11-26(16)20(30)24-17-8-5-13(21)10-22-17/h3-8,10,15-16,27H,9,11H2,1-2H3,(H,23,28)(H,22,24,30). The lowest BCUT2D eigenvalue weighted by atomic mass is 10.1. The molecule has 9 nitrogen and oxygen atoms in total. The van der Waals surface area contributed by atoms with Gasteiger partial charge in [-0.05, 0) is 36.4 Å². The summed E-state index contributed by atoms with van der Waals surface area (Å²) in [5, 5.41) is 15.8. The largest absolute Gasteiger partial charge is 0.391 e. The fraction of sp³-hybridized carbons (Fsp3) is 0.300. The smallest absolute Gasteiger partial charge is 0.323 e. The lowest BCUT2D eigenvalue weighted by Crippen LogP contribution is -2.45. The zero-order valence-electron chi connectivity index (χ0n) is 16.5. The summed E-state index contributed by atoms with van der Waals surface area (Å²) in [6, 6.07) is 8.17. The summed E-state index contributed by atoms with van der Waals surface area (Å²) in [6.45, 7) is 0.0216. The number of rotatable bonds is 4. The van der Waals surface area contributed by atoms with Crippen LogP contribution < -0.4 is 10.6 Å². The zero-order valence-corrected chi connectivity index (χ0v) is 17.3. The van der Waals surface area contributed by atoms with Gasteiger partial charge in [0, 0.05) is 44.5 Å². The van der Waals surface area contributed by atoms with Crippen molar-refractivity contribution in [2.75, 3.05) is 31.3 Å². The van der Waals surface area contributed by atoms with E-state index >= 15 is 0 Å². The van der Waals surface area contributed by atoms with E-state index in [1.165, 1.54) is 16.0 Å². The number of carbonyl (C=O) groups is 3. The van der Waals surface area contributed by atoms with Gasteiger partial charge in [-0.3, -0.25) is 14.9 Å². The van der Waals surface area contributed by atoms with Crippen molar-refractivity contribution in [3.05, 3.63) is 53.2 Å². The van der Waals surface area contributed by atoms with Gasteiger partial charge >= 0.3 is 6.03 Å². The van der Waals surface area contributed by atoms with Crippen molar-refractivity contribution in [3.63, 3.8) is 0 Å². The Kier molecular flexibility index (Phi) is 6.53. The molecular formula is C20H22ClN5O4. The van der Waals surface area contributed by atoms with E-state index in [1.807, 2.05) is 0 Å². The average molecular weight is 432 g/mol. The minimum Gasteiger partial charge on any atom is -0.391 e. The molecule has 1 aliphatic rings. The van der Waals surface area contributed by atoms with Crippen molar-refractivity contribution in [3.8, 4) is 0 Å². The van der Waals surface area contributed by atoms with Gasteiger partial charge in [0.15, 0.2) is 0 Å². The molecule has 1 aromatic heterocycles. The van der Waals surface area contributed by atoms with Crippen LogP contribution in [0.3, 0.4) is 0 Å². The molecule has 2 heterocycles. The zero-order chi connectivity index (χ0) is 21.8. The number of aliphatic hydroxyl groups is 1. The van der Waals surface area contributed by atoms with Crippen molar-refractivity contribution in [2.24, 2.45) is 0 Å². The number of pyridine rings is 1. The number of carbonyl (C=O) groups excluding carboxylic acids is 3. The van der Waals surface area contributed by atoms with Gasteiger partial charge in [0.2, 0.25) is 5.91 Å². The SMILES string of the molecule is CN(C)C(=O)c1ccc(NC(=O)C2CC(O)CN2C(=O)Nc2ccc(Cl)cn2)cc1. The first-order valence-electron chi connectivity index (χ1n) is 9.24. The molecule has 4 amide bonds. The number of halogens is 1. The maximum atomic E-state index is 12.7. The van der Waals surface area contributed by atoms with Crippen molar-refractivity contribution in [2.45, 2.75) is 18.6 Å². The number of anilines is 2. The highest BCUT2D eigenvalue weighted by atomic mass is 35.5. The lowest BCUT2D eigenvalue weighted by Gasteiger charge is -2.23. The number of benzene rings is 1. The molecule has 10 heteroatoms. The van der Waals surface area contributed by atoms with E-state index in [9.17, 15) is 19.5 Å². The monoisotopic (exact) mass is 431 g/mol. The quantitative estimate of drug-likeness (QED) is 0.685. The van der Waals surface area contributed by atoms with Crippen molar-refractivity contribution in [1.29, 1.82) is 0 Å². The van der Waals surface area contributed by atoms with Crippen LogP contribution >= 0.6 is 11.6 Å². The molecule has 3 rings (SSSR count). The fourth-order valence-corrected chi connectivity index (χ4v) is 3.21. The van der Waals surface area contributed by atoms with Crippen LogP contribution in [0, 0.1) is 0 Å². The Hall–Kier alpha value is -3.17. The maximum absolute atomic E-state index is 12.7. The number of likely N-dealkylation sites (tertiary alicyclic amines) is 1. The lowest BCUT2D eigenvalue weighted by molar-refractivity contribution is -0.119. The molecule has 2 unspecified atom stereocenters. The van der Waals surface area contributed by atoms with E-state index < -0.39 is 24.1 Å².